The lowest BCUT2D eigenvalue weighted by Crippen LogP contribution is -2.52. The fourth-order valence-corrected chi connectivity index (χ4v) is 2.70. The Balaban J connectivity index is 1.89. The highest BCUT2D eigenvalue weighted by Crippen LogP contribution is 2.23. The molecule has 0 spiro atoms. The molecule has 0 bridgehead atoms. The van der Waals surface area contributed by atoms with E-state index in [2.05, 4.69) is 31.0 Å². The number of rotatable bonds is 3. The third-order valence-corrected chi connectivity index (χ3v) is 4.28. The molecule has 0 unspecified atom stereocenters. The van der Waals surface area contributed by atoms with Crippen LogP contribution in [0, 0.1) is 0 Å². The van der Waals surface area contributed by atoms with E-state index in [1.807, 2.05) is 24.3 Å². The molecule has 0 aromatic heterocycles. The number of amides is 2. The molecule has 1 aromatic rings. The molecule has 1 aliphatic heterocycles. The molecule has 2 amide bonds. The first-order valence-corrected chi connectivity index (χ1v) is 8.35. The van der Waals surface area contributed by atoms with Crippen LogP contribution in [0.25, 0.3) is 0 Å². The number of carbonyl (C=O) groups excluding carboxylic acids is 2. The maximum atomic E-state index is 12.2. The number of benzene rings is 1. The van der Waals surface area contributed by atoms with Crippen LogP contribution in [-0.4, -0.2) is 66.1 Å². The fraction of sp³-hybridized carbons (Fsp3) is 0.556. The Morgan fingerprint density at radius 1 is 1.08 bits per heavy atom. The maximum absolute atomic E-state index is 12.2. The summed E-state index contributed by atoms with van der Waals surface area (Å²) in [4.78, 5) is 28.0. The van der Waals surface area contributed by atoms with E-state index in [1.54, 1.807) is 4.90 Å². The zero-order valence-corrected chi connectivity index (χ0v) is 14.7. The number of nitrogens with zero attached hydrogens (tertiary/aromatic N) is 2. The molecule has 0 saturated carbocycles. The van der Waals surface area contributed by atoms with Crippen LogP contribution in [0.1, 0.15) is 26.3 Å². The summed E-state index contributed by atoms with van der Waals surface area (Å²) in [5.74, 6) is -1.10. The second kappa shape index (κ2) is 7.77. The van der Waals surface area contributed by atoms with Crippen molar-refractivity contribution in [2.45, 2.75) is 26.2 Å². The van der Waals surface area contributed by atoms with Gasteiger partial charge in [0.2, 0.25) is 0 Å². The number of hydrogen-bond acceptors (Lipinski definition) is 4. The van der Waals surface area contributed by atoms with Gasteiger partial charge in [-0.1, -0.05) is 32.9 Å². The predicted octanol–water partition coefficient (Wildman–Crippen LogP) is 1.06. The Morgan fingerprint density at radius 3 is 2.17 bits per heavy atom. The van der Waals surface area contributed by atoms with Crippen LogP contribution in [0.2, 0.25) is 0 Å². The van der Waals surface area contributed by atoms with Crippen molar-refractivity contribution in [3.63, 3.8) is 0 Å². The Labute approximate surface area is 143 Å². The van der Waals surface area contributed by atoms with Gasteiger partial charge < -0.3 is 15.3 Å². The van der Waals surface area contributed by atoms with E-state index in [-0.39, 0.29) is 12.0 Å². The molecule has 24 heavy (non-hydrogen) atoms. The highest BCUT2D eigenvalue weighted by molar-refractivity contribution is 6.39. The van der Waals surface area contributed by atoms with Gasteiger partial charge in [-0.15, -0.1) is 0 Å². The zero-order valence-electron chi connectivity index (χ0n) is 14.7. The van der Waals surface area contributed by atoms with Gasteiger partial charge in [0, 0.05) is 38.4 Å². The SMILES string of the molecule is CC(C)(C)c1ccc(NC(=O)C(=O)N2CCN(CCO)CC2)cc1. The van der Waals surface area contributed by atoms with Crippen LogP contribution in [0.4, 0.5) is 5.69 Å². The molecular formula is C18H27N3O3. The van der Waals surface area contributed by atoms with Crippen molar-refractivity contribution in [3.8, 4) is 0 Å². The lowest BCUT2D eigenvalue weighted by molar-refractivity contribution is -0.144. The summed E-state index contributed by atoms with van der Waals surface area (Å²) in [5.41, 5.74) is 1.85. The van der Waals surface area contributed by atoms with Crippen molar-refractivity contribution in [3.05, 3.63) is 29.8 Å². The molecule has 6 nitrogen and oxygen atoms in total. The summed E-state index contributed by atoms with van der Waals surface area (Å²) >= 11 is 0. The zero-order chi connectivity index (χ0) is 17.7. The van der Waals surface area contributed by atoms with Gasteiger partial charge in [-0.05, 0) is 23.1 Å². The number of nitrogens with one attached hydrogen (secondary N) is 1. The monoisotopic (exact) mass is 333 g/mol. The van der Waals surface area contributed by atoms with Crippen LogP contribution in [0.5, 0.6) is 0 Å². The van der Waals surface area contributed by atoms with E-state index in [4.69, 9.17) is 5.11 Å². The fourth-order valence-electron chi connectivity index (χ4n) is 2.70. The first-order chi connectivity index (χ1) is 11.3. The van der Waals surface area contributed by atoms with Crippen molar-refractivity contribution in [2.24, 2.45) is 0 Å². The molecule has 0 aliphatic carbocycles. The Bertz CT molecular complexity index is 570. The number of piperazine rings is 1. The number of carbonyl (C=O) groups is 2. The van der Waals surface area contributed by atoms with Crippen LogP contribution < -0.4 is 5.32 Å². The van der Waals surface area contributed by atoms with Gasteiger partial charge in [-0.25, -0.2) is 0 Å². The van der Waals surface area contributed by atoms with Gasteiger partial charge >= 0.3 is 11.8 Å². The Kier molecular flexibility index (Phi) is 5.96. The maximum Gasteiger partial charge on any atom is 0.313 e. The number of aliphatic hydroxyl groups is 1. The molecular weight excluding hydrogens is 306 g/mol. The van der Waals surface area contributed by atoms with Crippen LogP contribution in [0.15, 0.2) is 24.3 Å². The summed E-state index contributed by atoms with van der Waals surface area (Å²) in [6.07, 6.45) is 0. The van der Waals surface area contributed by atoms with E-state index in [9.17, 15) is 9.59 Å². The topological polar surface area (TPSA) is 72.9 Å². The predicted molar refractivity (Wildman–Crippen MR) is 93.9 cm³/mol. The van der Waals surface area contributed by atoms with Gasteiger partial charge in [0.05, 0.1) is 6.61 Å². The normalized spacial score (nSPS) is 16.1. The third kappa shape index (κ3) is 4.79. The molecule has 132 valence electrons. The smallest absolute Gasteiger partial charge is 0.313 e. The van der Waals surface area contributed by atoms with Gasteiger partial charge in [0.1, 0.15) is 0 Å². The highest BCUT2D eigenvalue weighted by Gasteiger charge is 2.25. The van der Waals surface area contributed by atoms with Crippen molar-refractivity contribution in [1.29, 1.82) is 0 Å². The van der Waals surface area contributed by atoms with Crippen LogP contribution in [0.3, 0.4) is 0 Å². The second-order valence-electron chi connectivity index (χ2n) is 7.14. The van der Waals surface area contributed by atoms with Gasteiger partial charge in [-0.2, -0.15) is 0 Å². The van der Waals surface area contributed by atoms with Crippen molar-refractivity contribution < 1.29 is 14.7 Å². The highest BCUT2D eigenvalue weighted by atomic mass is 16.3. The lowest BCUT2D eigenvalue weighted by atomic mass is 9.87. The van der Waals surface area contributed by atoms with Crippen molar-refractivity contribution in [1.82, 2.24) is 9.80 Å². The molecule has 2 N–H and O–H groups in total. The summed E-state index contributed by atoms with van der Waals surface area (Å²) in [6, 6.07) is 7.58. The Hall–Kier alpha value is -1.92. The van der Waals surface area contributed by atoms with E-state index in [0.717, 1.165) is 0 Å². The van der Waals surface area contributed by atoms with Crippen LogP contribution in [-0.2, 0) is 15.0 Å². The quantitative estimate of drug-likeness (QED) is 0.811. The number of hydrogen-bond donors (Lipinski definition) is 2. The van der Waals surface area contributed by atoms with E-state index in [0.29, 0.717) is 38.4 Å². The molecule has 1 heterocycles. The number of β-amino-alcohol motifs (C(OH)–C–C–N with tert-alkyl or cyclic N) is 1. The summed E-state index contributed by atoms with van der Waals surface area (Å²) in [6.45, 7) is 9.47. The molecule has 6 heteroatoms. The van der Waals surface area contributed by atoms with Gasteiger partial charge in [0.15, 0.2) is 0 Å². The number of aliphatic hydroxyl groups excluding tert-OH is 1. The largest absolute Gasteiger partial charge is 0.395 e. The molecule has 1 aliphatic rings. The lowest BCUT2D eigenvalue weighted by Gasteiger charge is -2.33. The molecule has 2 rings (SSSR count). The van der Waals surface area contributed by atoms with E-state index in [1.165, 1.54) is 5.56 Å². The molecule has 1 saturated heterocycles. The molecule has 0 radical (unpaired) electrons. The molecule has 1 fully saturated rings. The average Bonchev–Trinajstić information content (AvgIpc) is 2.55. The van der Waals surface area contributed by atoms with E-state index >= 15 is 0 Å². The molecule has 0 atom stereocenters. The summed E-state index contributed by atoms with van der Waals surface area (Å²) < 4.78 is 0. The third-order valence-electron chi connectivity index (χ3n) is 4.28. The molecule has 1 aromatic carbocycles. The summed E-state index contributed by atoms with van der Waals surface area (Å²) in [5, 5.41) is 11.6. The number of anilines is 1. The average molecular weight is 333 g/mol. The minimum atomic E-state index is -0.603. The second-order valence-corrected chi connectivity index (χ2v) is 7.14. The van der Waals surface area contributed by atoms with Crippen LogP contribution >= 0.6 is 0 Å². The first kappa shape index (κ1) is 18.4. The van der Waals surface area contributed by atoms with Gasteiger partial charge in [-0.3, -0.25) is 14.5 Å². The standard InChI is InChI=1S/C18H27N3O3/c1-18(2,3)14-4-6-15(7-5-14)19-16(23)17(24)21-10-8-20(9-11-21)12-13-22/h4-7,22H,8-13H2,1-3H3,(H,19,23). The summed E-state index contributed by atoms with van der Waals surface area (Å²) in [7, 11) is 0. The minimum absolute atomic E-state index is 0.0482. The minimum Gasteiger partial charge on any atom is -0.395 e. The first-order valence-electron chi connectivity index (χ1n) is 8.35. The van der Waals surface area contributed by atoms with Crippen molar-refractivity contribution >= 4 is 17.5 Å². The Morgan fingerprint density at radius 2 is 1.67 bits per heavy atom. The van der Waals surface area contributed by atoms with E-state index < -0.39 is 11.8 Å². The van der Waals surface area contributed by atoms with Crippen molar-refractivity contribution in [2.75, 3.05) is 44.6 Å². The van der Waals surface area contributed by atoms with Gasteiger partial charge in [0.25, 0.3) is 0 Å².